The van der Waals surface area contributed by atoms with Crippen molar-refractivity contribution in [3.8, 4) is 0 Å². The maximum atomic E-state index is 12.9. The monoisotopic (exact) mass is 598 g/mol. The van der Waals surface area contributed by atoms with Gasteiger partial charge in [0.25, 0.3) is 10.1 Å². The summed E-state index contributed by atoms with van der Waals surface area (Å²) in [6.45, 7) is 21.1. The van der Waals surface area contributed by atoms with Crippen molar-refractivity contribution in [2.45, 2.75) is 102 Å². The van der Waals surface area contributed by atoms with Crippen LogP contribution in [-0.4, -0.2) is 69.0 Å². The minimum atomic E-state index is -4.11. The minimum Gasteiger partial charge on any atom is -0.414 e. The van der Waals surface area contributed by atoms with Gasteiger partial charge in [-0.1, -0.05) is 41.5 Å². The fraction of sp³-hybridized carbons (Fsp3) is 0.708. The van der Waals surface area contributed by atoms with Crippen molar-refractivity contribution in [2.75, 3.05) is 12.3 Å². The second-order valence-electron chi connectivity index (χ2n) is 13.4. The molecular weight excluding hydrogens is 557 g/mol. The molecule has 4 rings (SSSR count). The van der Waals surface area contributed by atoms with Crippen LogP contribution in [0.1, 0.15) is 47.8 Å². The Labute approximate surface area is 232 Å². The number of imidazole rings is 1. The van der Waals surface area contributed by atoms with Crippen molar-refractivity contribution in [1.29, 1.82) is 0 Å². The van der Waals surface area contributed by atoms with Crippen LogP contribution in [0, 0.1) is 0 Å². The number of rotatable bonds is 6. The molecule has 2 aliphatic heterocycles. The molecule has 2 aromatic rings. The predicted molar refractivity (Wildman–Crippen MR) is 154 cm³/mol. The highest BCUT2D eigenvalue weighted by Crippen LogP contribution is 2.52. The Kier molecular flexibility index (Phi) is 7.19. The van der Waals surface area contributed by atoms with E-state index in [-0.39, 0.29) is 28.2 Å². The summed E-state index contributed by atoms with van der Waals surface area (Å²) in [5, 5.41) is 0.647. The second kappa shape index (κ2) is 9.32. The van der Waals surface area contributed by atoms with E-state index >= 15 is 0 Å². The zero-order valence-electron chi connectivity index (χ0n) is 24.5. The van der Waals surface area contributed by atoms with Gasteiger partial charge in [0.15, 0.2) is 39.9 Å². The number of aromatic nitrogens is 4. The fourth-order valence-electron chi connectivity index (χ4n) is 4.27. The molecule has 4 heterocycles. The molecule has 4 N–H and O–H groups in total. The summed E-state index contributed by atoms with van der Waals surface area (Å²) in [6.07, 6.45) is 0.112. The number of hydrogen-bond acceptors (Lipinski definition) is 11. The van der Waals surface area contributed by atoms with Gasteiger partial charge in [0.05, 0.1) is 24.0 Å². The maximum Gasteiger partial charge on any atom is 0.292 e. The van der Waals surface area contributed by atoms with Crippen molar-refractivity contribution in [3.05, 3.63) is 23.8 Å². The molecule has 0 unspecified atom stereocenters. The first-order valence-corrected chi connectivity index (χ1v) is 20.3. The molecule has 218 valence electrons. The molecule has 0 radical (unpaired) electrons. The normalized spacial score (nSPS) is 27.9. The first-order valence-electron chi connectivity index (χ1n) is 13.0. The van der Waals surface area contributed by atoms with Crippen LogP contribution in [0.4, 0.5) is 5.82 Å². The highest BCUT2D eigenvalue weighted by Gasteiger charge is 2.67. The van der Waals surface area contributed by atoms with E-state index in [0.29, 0.717) is 11.2 Å². The van der Waals surface area contributed by atoms with Crippen molar-refractivity contribution in [3.63, 3.8) is 0 Å². The molecule has 0 saturated carbocycles. The summed E-state index contributed by atoms with van der Waals surface area (Å²) in [5.74, 6) is 0.213. The first-order chi connectivity index (χ1) is 17.6. The lowest BCUT2D eigenvalue weighted by Gasteiger charge is -2.43. The molecule has 12 nitrogen and oxygen atoms in total. The van der Waals surface area contributed by atoms with Crippen LogP contribution in [0.15, 0.2) is 23.8 Å². The quantitative estimate of drug-likeness (QED) is 0.368. The molecule has 0 aromatic carbocycles. The maximum absolute atomic E-state index is 12.9. The lowest BCUT2D eigenvalue weighted by atomic mass is 9.89. The van der Waals surface area contributed by atoms with Gasteiger partial charge in [-0.05, 0) is 36.3 Å². The van der Waals surface area contributed by atoms with Gasteiger partial charge in [-0.3, -0.25) is 4.57 Å². The number of fused-ring (bicyclic) bond motifs is 1. The third-order valence-electron chi connectivity index (χ3n) is 8.73. The zero-order chi connectivity index (χ0) is 29.4. The van der Waals surface area contributed by atoms with Gasteiger partial charge in [0.2, 0.25) is 0 Å². The van der Waals surface area contributed by atoms with Crippen molar-refractivity contribution < 1.29 is 26.2 Å². The van der Waals surface area contributed by atoms with Crippen molar-refractivity contribution in [1.82, 2.24) is 19.5 Å². The number of anilines is 1. The van der Waals surface area contributed by atoms with Gasteiger partial charge in [0, 0.05) is 0 Å². The lowest BCUT2D eigenvalue weighted by Crippen LogP contribution is -2.59. The topological polar surface area (TPSA) is 167 Å². The minimum absolute atomic E-state index is 0.0103. The number of nitrogens with two attached hydrogens (primary N) is 2. The molecule has 0 amide bonds. The van der Waals surface area contributed by atoms with Gasteiger partial charge >= 0.3 is 0 Å². The van der Waals surface area contributed by atoms with Gasteiger partial charge < -0.3 is 25.1 Å². The molecule has 1 saturated heterocycles. The number of hydrogen-bond donors (Lipinski definition) is 2. The molecule has 2 aromatic heterocycles. The van der Waals surface area contributed by atoms with Crippen LogP contribution in [-0.2, 0) is 27.9 Å². The van der Waals surface area contributed by atoms with Crippen LogP contribution >= 0.6 is 0 Å². The largest absolute Gasteiger partial charge is 0.414 e. The van der Waals surface area contributed by atoms with E-state index in [9.17, 15) is 8.42 Å². The third-order valence-corrected chi connectivity index (χ3v) is 18.7. The molecule has 4 atom stereocenters. The van der Waals surface area contributed by atoms with E-state index in [1.807, 2.05) is 0 Å². The third kappa shape index (κ3) is 5.06. The highest BCUT2D eigenvalue weighted by molar-refractivity contribution is 7.90. The Balaban J connectivity index is 1.89. The average Bonchev–Trinajstić information content (AvgIpc) is 3.38. The van der Waals surface area contributed by atoms with Crippen LogP contribution in [0.5, 0.6) is 0 Å². The van der Waals surface area contributed by atoms with Gasteiger partial charge in [0.1, 0.15) is 24.1 Å². The molecule has 39 heavy (non-hydrogen) atoms. The Bertz CT molecular complexity index is 1400. The van der Waals surface area contributed by atoms with Crippen molar-refractivity contribution in [2.24, 2.45) is 5.73 Å². The van der Waals surface area contributed by atoms with E-state index in [1.165, 1.54) is 12.7 Å². The van der Waals surface area contributed by atoms with Crippen LogP contribution in [0.2, 0.25) is 36.3 Å². The summed E-state index contributed by atoms with van der Waals surface area (Å²) in [4.78, 5) is 12.8. The Morgan fingerprint density at radius 3 is 2.18 bits per heavy atom. The van der Waals surface area contributed by atoms with Gasteiger partial charge in [-0.25, -0.2) is 19.1 Å². The molecule has 2 aliphatic rings. The summed E-state index contributed by atoms with van der Waals surface area (Å²) < 4.78 is 53.5. The molecule has 0 bridgehead atoms. The standard InChI is InChI=1S/C24H42N6O6SSi2/c1-22(2,3)38(7,8)33-11-16-24(15(25)12-37(31,32)36-24)18(35-39(9,10)23(4,5)6)21(34-16)30-14-29-17-19(26)27-13-28-20(17)30/h12-14,16,18,21H,11,25H2,1-10H3,(H2,26,27,28)/t16-,18+,21-,24-/m1/s1. The predicted octanol–water partition coefficient (Wildman–Crippen LogP) is 3.62. The van der Waals surface area contributed by atoms with Crippen LogP contribution in [0.3, 0.4) is 0 Å². The second-order valence-corrected chi connectivity index (χ2v) is 24.4. The molecule has 1 spiro atoms. The molecular formula is C24H42N6O6SSi2. The SMILES string of the molecule is CC(C)(C)[Si](C)(C)OC[C@H]1O[C@@H](n2cnc3c(N)ncnc32)[C@H](O[Si](C)(C)C(C)(C)C)[C@]12OS(=O)(=O)C=C2N. The van der Waals surface area contributed by atoms with Gasteiger partial charge in [-0.2, -0.15) is 8.42 Å². The average molecular weight is 599 g/mol. The summed E-state index contributed by atoms with van der Waals surface area (Å²) in [7, 11) is -8.94. The smallest absolute Gasteiger partial charge is 0.292 e. The molecule has 15 heteroatoms. The van der Waals surface area contributed by atoms with Crippen LogP contribution < -0.4 is 11.5 Å². The Morgan fingerprint density at radius 2 is 1.64 bits per heavy atom. The molecule has 0 aliphatic carbocycles. The Hall–Kier alpha value is -1.89. The summed E-state index contributed by atoms with van der Waals surface area (Å²) in [5.41, 5.74) is 11.8. The highest BCUT2D eigenvalue weighted by atomic mass is 32.2. The lowest BCUT2D eigenvalue weighted by molar-refractivity contribution is -0.0535. The van der Waals surface area contributed by atoms with E-state index in [1.54, 1.807) is 4.57 Å². The number of nitrogens with zero attached hydrogens (tertiary/aromatic N) is 4. The fourth-order valence-corrected chi connectivity index (χ4v) is 7.78. The van der Waals surface area contributed by atoms with Gasteiger partial charge in [-0.15, -0.1) is 0 Å². The summed E-state index contributed by atoms with van der Waals surface area (Å²) >= 11 is 0. The first kappa shape index (κ1) is 30.1. The van der Waals surface area contributed by atoms with E-state index < -0.39 is 50.8 Å². The van der Waals surface area contributed by atoms with Crippen molar-refractivity contribution >= 4 is 43.7 Å². The summed E-state index contributed by atoms with van der Waals surface area (Å²) in [6, 6.07) is 0. The van der Waals surface area contributed by atoms with Crippen LogP contribution in [0.25, 0.3) is 11.2 Å². The zero-order valence-corrected chi connectivity index (χ0v) is 27.3. The number of ether oxygens (including phenoxy) is 1. The van der Waals surface area contributed by atoms with E-state index in [4.69, 9.17) is 29.2 Å². The number of nitrogen functional groups attached to an aromatic ring is 1. The Morgan fingerprint density at radius 1 is 1.03 bits per heavy atom. The van der Waals surface area contributed by atoms with E-state index in [2.05, 4.69) is 82.7 Å². The van der Waals surface area contributed by atoms with E-state index in [0.717, 1.165) is 5.41 Å². The molecule has 1 fully saturated rings.